The number of thioether (sulfide) groups is 1. The van der Waals surface area contributed by atoms with Crippen molar-refractivity contribution < 1.29 is 20.1 Å². The Bertz CT molecular complexity index is 1000. The first-order valence-electron chi connectivity index (χ1n) is 8.48. The van der Waals surface area contributed by atoms with Crippen LogP contribution in [0.3, 0.4) is 0 Å². The average Bonchev–Trinajstić information content (AvgIpc) is 3.22. The lowest BCUT2D eigenvalue weighted by Crippen LogP contribution is -2.33. The Kier molecular flexibility index (Phi) is 5.41. The number of benzene rings is 1. The number of fused-ring (bicyclic) bond motifs is 1. The molecule has 9 nitrogen and oxygen atoms in total. The number of imidazole rings is 1. The zero-order valence-corrected chi connectivity index (χ0v) is 16.1. The Morgan fingerprint density at radius 1 is 1.21 bits per heavy atom. The molecule has 1 fully saturated rings. The van der Waals surface area contributed by atoms with E-state index < -0.39 is 31.1 Å². The van der Waals surface area contributed by atoms with Gasteiger partial charge in [-0.25, -0.2) is 9.97 Å². The predicted octanol–water partition coefficient (Wildman–Crippen LogP) is 0.966. The molecule has 11 heteroatoms. The van der Waals surface area contributed by atoms with Gasteiger partial charge in [-0.1, -0.05) is 41.6 Å². The molecule has 0 radical (unpaired) electrons. The van der Waals surface area contributed by atoms with Crippen LogP contribution >= 0.6 is 23.4 Å². The van der Waals surface area contributed by atoms with Crippen molar-refractivity contribution in [3.8, 4) is 0 Å². The summed E-state index contributed by atoms with van der Waals surface area (Å²) in [5, 5.41) is 30.8. The number of ether oxygens (including phenoxy) is 1. The predicted molar refractivity (Wildman–Crippen MR) is 104 cm³/mol. The van der Waals surface area contributed by atoms with E-state index in [-0.39, 0.29) is 5.95 Å². The van der Waals surface area contributed by atoms with Crippen molar-refractivity contribution in [3.05, 3.63) is 41.2 Å². The van der Waals surface area contributed by atoms with E-state index in [0.717, 1.165) is 5.56 Å². The van der Waals surface area contributed by atoms with Gasteiger partial charge >= 0.3 is 0 Å². The molecule has 4 atom stereocenters. The van der Waals surface area contributed by atoms with Gasteiger partial charge in [0.05, 0.1) is 12.9 Å². The fraction of sp³-hybridized carbons (Fsp3) is 0.353. The number of aliphatic hydroxyl groups excluding tert-OH is 3. The fourth-order valence-corrected chi connectivity index (χ4v) is 4.33. The summed E-state index contributed by atoms with van der Waals surface area (Å²) in [4.78, 5) is 12.8. The van der Waals surface area contributed by atoms with E-state index in [0.29, 0.717) is 27.0 Å². The molecule has 1 aliphatic heterocycles. The van der Waals surface area contributed by atoms with Gasteiger partial charge in [0.25, 0.3) is 0 Å². The lowest BCUT2D eigenvalue weighted by Gasteiger charge is -2.16. The Labute approximate surface area is 169 Å². The van der Waals surface area contributed by atoms with Crippen LogP contribution in [0.25, 0.3) is 11.2 Å². The second-order valence-electron chi connectivity index (χ2n) is 6.32. The molecule has 0 aliphatic carbocycles. The Hall–Kier alpha value is -1.95. The van der Waals surface area contributed by atoms with Crippen LogP contribution in [-0.4, -0.2) is 59.8 Å². The summed E-state index contributed by atoms with van der Waals surface area (Å²) in [5.74, 6) is 0.606. The summed E-state index contributed by atoms with van der Waals surface area (Å²) in [7, 11) is 0. The maximum absolute atomic E-state index is 10.3. The molecule has 3 heterocycles. The topological polar surface area (TPSA) is 140 Å². The SMILES string of the molecule is Nc1nc(SCc2ccccc2Cl)c2ncn([C@@H]3O[C@@H](CO)[C@@H](O)[C@H]3O)c2n1. The van der Waals surface area contributed by atoms with Gasteiger partial charge in [-0.05, 0) is 11.6 Å². The molecule has 1 aromatic carbocycles. The third-order valence-corrected chi connectivity index (χ3v) is 5.90. The molecule has 0 amide bonds. The maximum Gasteiger partial charge on any atom is 0.223 e. The Morgan fingerprint density at radius 3 is 2.71 bits per heavy atom. The van der Waals surface area contributed by atoms with Crippen LogP contribution in [0.5, 0.6) is 0 Å². The first-order chi connectivity index (χ1) is 13.5. The number of nitrogens with two attached hydrogens (primary N) is 1. The monoisotopic (exact) mass is 423 g/mol. The van der Waals surface area contributed by atoms with Gasteiger partial charge in [0.15, 0.2) is 11.9 Å². The standard InChI is InChI=1S/C17H18ClN5O4S/c18-9-4-2-1-3-8(9)6-28-15-11-14(21-17(19)22-15)23(7-20-11)16-13(26)12(25)10(5-24)27-16/h1-4,7,10,12-13,16,24-26H,5-6H2,(H2,19,21,22)/t10-,12+,13+,16+/m0/s1. The number of halogens is 1. The molecule has 5 N–H and O–H groups in total. The molecule has 3 aromatic rings. The van der Waals surface area contributed by atoms with Crippen molar-refractivity contribution in [2.75, 3.05) is 12.3 Å². The minimum Gasteiger partial charge on any atom is -0.394 e. The van der Waals surface area contributed by atoms with Crippen molar-refractivity contribution in [1.29, 1.82) is 0 Å². The normalized spacial score (nSPS) is 24.9. The number of aliphatic hydroxyl groups is 3. The number of nitrogen functional groups attached to an aromatic ring is 1. The summed E-state index contributed by atoms with van der Waals surface area (Å²) in [5.41, 5.74) is 7.67. The highest BCUT2D eigenvalue weighted by Gasteiger charge is 2.44. The number of hydrogen-bond acceptors (Lipinski definition) is 9. The van der Waals surface area contributed by atoms with Crippen molar-refractivity contribution >= 4 is 40.5 Å². The quantitative estimate of drug-likeness (QED) is 0.349. The van der Waals surface area contributed by atoms with E-state index in [2.05, 4.69) is 15.0 Å². The van der Waals surface area contributed by atoms with Crippen molar-refractivity contribution in [3.63, 3.8) is 0 Å². The van der Waals surface area contributed by atoms with E-state index in [1.807, 2.05) is 24.3 Å². The first kappa shape index (κ1) is 19.4. The molecule has 0 saturated carbocycles. The summed E-state index contributed by atoms with van der Waals surface area (Å²) >= 11 is 7.62. The number of rotatable bonds is 5. The van der Waals surface area contributed by atoms with Crippen molar-refractivity contribution in [2.45, 2.75) is 35.3 Å². The summed E-state index contributed by atoms with van der Waals surface area (Å²) in [6, 6.07) is 7.51. The molecule has 1 saturated heterocycles. The van der Waals surface area contributed by atoms with E-state index in [4.69, 9.17) is 22.1 Å². The minimum atomic E-state index is -1.25. The van der Waals surface area contributed by atoms with E-state index in [9.17, 15) is 15.3 Å². The molecule has 1 aliphatic rings. The van der Waals surface area contributed by atoms with E-state index in [1.54, 1.807) is 0 Å². The molecule has 2 aromatic heterocycles. The van der Waals surface area contributed by atoms with Crippen molar-refractivity contribution in [2.24, 2.45) is 0 Å². The maximum atomic E-state index is 10.3. The highest BCUT2D eigenvalue weighted by molar-refractivity contribution is 7.98. The van der Waals surface area contributed by atoms with Gasteiger partial charge in [-0.15, -0.1) is 0 Å². The van der Waals surface area contributed by atoms with E-state index >= 15 is 0 Å². The number of anilines is 1. The summed E-state index contributed by atoms with van der Waals surface area (Å²) in [6.45, 7) is -0.419. The molecule has 0 bridgehead atoms. The number of nitrogens with zero attached hydrogens (tertiary/aromatic N) is 4. The zero-order valence-electron chi connectivity index (χ0n) is 14.5. The second kappa shape index (κ2) is 7.82. The smallest absolute Gasteiger partial charge is 0.223 e. The second-order valence-corrected chi connectivity index (χ2v) is 7.69. The van der Waals surface area contributed by atoms with Gasteiger partial charge < -0.3 is 25.8 Å². The lowest BCUT2D eigenvalue weighted by molar-refractivity contribution is -0.0511. The van der Waals surface area contributed by atoms with Crippen LogP contribution in [0.1, 0.15) is 11.8 Å². The Morgan fingerprint density at radius 2 is 2.00 bits per heavy atom. The van der Waals surface area contributed by atoms with Gasteiger partial charge in [-0.2, -0.15) is 4.98 Å². The van der Waals surface area contributed by atoms with E-state index in [1.165, 1.54) is 22.7 Å². The summed E-state index contributed by atoms with van der Waals surface area (Å²) < 4.78 is 7.04. The number of hydrogen-bond donors (Lipinski definition) is 4. The largest absolute Gasteiger partial charge is 0.394 e. The summed E-state index contributed by atoms with van der Waals surface area (Å²) in [6.07, 6.45) is -2.87. The van der Waals surface area contributed by atoms with Gasteiger partial charge in [0, 0.05) is 10.8 Å². The number of aromatic nitrogens is 4. The van der Waals surface area contributed by atoms with Crippen LogP contribution in [0.4, 0.5) is 5.95 Å². The molecule has 4 rings (SSSR count). The lowest BCUT2D eigenvalue weighted by atomic mass is 10.1. The third-order valence-electron chi connectivity index (χ3n) is 4.52. The molecule has 0 spiro atoms. The molecule has 0 unspecified atom stereocenters. The van der Waals surface area contributed by atoms with Crippen LogP contribution in [0.15, 0.2) is 35.6 Å². The molecular formula is C17H18ClN5O4S. The van der Waals surface area contributed by atoms with Gasteiger partial charge in [0.2, 0.25) is 5.95 Å². The first-order valence-corrected chi connectivity index (χ1v) is 9.84. The van der Waals surface area contributed by atoms with Crippen LogP contribution in [0.2, 0.25) is 5.02 Å². The molecular weight excluding hydrogens is 406 g/mol. The average molecular weight is 424 g/mol. The highest BCUT2D eigenvalue weighted by Crippen LogP contribution is 2.34. The minimum absolute atomic E-state index is 0.0441. The van der Waals surface area contributed by atoms with Crippen LogP contribution in [0, 0.1) is 0 Å². The van der Waals surface area contributed by atoms with Gasteiger partial charge in [-0.3, -0.25) is 4.57 Å². The molecule has 148 valence electrons. The van der Waals surface area contributed by atoms with Crippen LogP contribution < -0.4 is 5.73 Å². The highest BCUT2D eigenvalue weighted by atomic mass is 35.5. The van der Waals surface area contributed by atoms with Crippen LogP contribution in [-0.2, 0) is 10.5 Å². The van der Waals surface area contributed by atoms with Gasteiger partial charge in [0.1, 0.15) is 28.9 Å². The fourth-order valence-electron chi connectivity index (χ4n) is 3.06. The molecule has 28 heavy (non-hydrogen) atoms. The zero-order chi connectivity index (χ0) is 19.8. The van der Waals surface area contributed by atoms with Crippen molar-refractivity contribution in [1.82, 2.24) is 19.5 Å². The third kappa shape index (κ3) is 3.43. The Balaban J connectivity index is 1.66.